The van der Waals surface area contributed by atoms with Crippen LogP contribution in [0.5, 0.6) is 0 Å². The van der Waals surface area contributed by atoms with Gasteiger partial charge in [0.25, 0.3) is 0 Å². The number of anilines is 2. The van der Waals surface area contributed by atoms with E-state index in [1.54, 1.807) is 19.1 Å². The number of carbonyl (C=O) groups is 1. The van der Waals surface area contributed by atoms with Gasteiger partial charge in [0.15, 0.2) is 0 Å². The maximum absolute atomic E-state index is 12.6. The summed E-state index contributed by atoms with van der Waals surface area (Å²) in [6, 6.07) is 22.7. The molecule has 156 valence electrons. The minimum absolute atomic E-state index is 0.117. The number of sulfonamides is 1. The molecule has 0 aliphatic heterocycles. The van der Waals surface area contributed by atoms with Crippen molar-refractivity contribution in [3.63, 3.8) is 0 Å². The molecule has 7 heteroatoms. The maximum Gasteiger partial charge on any atom is 0.243 e. The highest BCUT2D eigenvalue weighted by Crippen LogP contribution is 2.30. The van der Waals surface area contributed by atoms with Gasteiger partial charge in [0.2, 0.25) is 15.9 Å². The van der Waals surface area contributed by atoms with E-state index in [1.807, 2.05) is 66.5 Å². The third kappa shape index (κ3) is 4.87. The highest BCUT2D eigenvalue weighted by Gasteiger charge is 2.17. The number of amides is 1. The van der Waals surface area contributed by atoms with Gasteiger partial charge in [0.05, 0.1) is 11.4 Å². The van der Waals surface area contributed by atoms with Crippen molar-refractivity contribution in [2.24, 2.45) is 0 Å². The standard InChI is InChI=1S/C23H25N3O3S/c1-17-13-14-19(15-22(17)30(28,29)24-2)25-23(27)16-26(3)21-12-8-7-11-20(21)18-9-5-4-6-10-18/h4-15,24H,16H2,1-3H3,(H,25,27). The molecule has 2 N–H and O–H groups in total. The van der Waals surface area contributed by atoms with Crippen molar-refractivity contribution < 1.29 is 13.2 Å². The lowest BCUT2D eigenvalue weighted by atomic mass is 10.0. The van der Waals surface area contributed by atoms with Crippen molar-refractivity contribution in [3.05, 3.63) is 78.4 Å². The normalized spacial score (nSPS) is 11.2. The number of hydrogen-bond acceptors (Lipinski definition) is 4. The van der Waals surface area contributed by atoms with Gasteiger partial charge in [-0.2, -0.15) is 0 Å². The lowest BCUT2D eigenvalue weighted by Crippen LogP contribution is -2.30. The molecule has 3 rings (SSSR count). The highest BCUT2D eigenvalue weighted by molar-refractivity contribution is 7.89. The van der Waals surface area contributed by atoms with Gasteiger partial charge in [-0.15, -0.1) is 0 Å². The third-order valence-electron chi connectivity index (χ3n) is 4.81. The summed E-state index contributed by atoms with van der Waals surface area (Å²) in [5, 5.41) is 2.79. The van der Waals surface area contributed by atoms with Crippen LogP contribution in [0, 0.1) is 6.92 Å². The van der Waals surface area contributed by atoms with Gasteiger partial charge in [-0.3, -0.25) is 4.79 Å². The molecule has 0 aromatic heterocycles. The molecule has 0 saturated carbocycles. The zero-order valence-corrected chi connectivity index (χ0v) is 18.0. The Morgan fingerprint density at radius 1 is 0.967 bits per heavy atom. The summed E-state index contributed by atoms with van der Waals surface area (Å²) >= 11 is 0. The first-order valence-electron chi connectivity index (χ1n) is 9.51. The van der Waals surface area contributed by atoms with Gasteiger partial charge < -0.3 is 10.2 Å². The van der Waals surface area contributed by atoms with Crippen molar-refractivity contribution in [1.82, 2.24) is 4.72 Å². The fourth-order valence-corrected chi connectivity index (χ4v) is 4.24. The second kappa shape index (κ2) is 9.11. The quantitative estimate of drug-likeness (QED) is 0.608. The predicted molar refractivity (Wildman–Crippen MR) is 121 cm³/mol. The molecule has 3 aromatic rings. The molecule has 0 atom stereocenters. The molecule has 0 aliphatic rings. The van der Waals surface area contributed by atoms with E-state index in [-0.39, 0.29) is 17.3 Å². The lowest BCUT2D eigenvalue weighted by Gasteiger charge is -2.22. The van der Waals surface area contributed by atoms with Gasteiger partial charge in [-0.05, 0) is 43.3 Å². The fraction of sp³-hybridized carbons (Fsp3) is 0.174. The first-order valence-corrected chi connectivity index (χ1v) is 11.0. The zero-order chi connectivity index (χ0) is 21.7. The van der Waals surface area contributed by atoms with Crippen LogP contribution in [0.2, 0.25) is 0 Å². The van der Waals surface area contributed by atoms with Crippen LogP contribution in [-0.4, -0.2) is 35.0 Å². The number of likely N-dealkylation sites (N-methyl/N-ethyl adjacent to an activating group) is 1. The molecule has 6 nitrogen and oxygen atoms in total. The van der Waals surface area contributed by atoms with E-state index in [0.29, 0.717) is 11.3 Å². The molecule has 1 amide bonds. The maximum atomic E-state index is 12.6. The molecule has 3 aromatic carbocycles. The summed E-state index contributed by atoms with van der Waals surface area (Å²) in [4.78, 5) is 14.7. The van der Waals surface area contributed by atoms with E-state index < -0.39 is 10.0 Å². The van der Waals surface area contributed by atoms with E-state index in [1.165, 1.54) is 13.1 Å². The zero-order valence-electron chi connectivity index (χ0n) is 17.2. The monoisotopic (exact) mass is 423 g/mol. The number of rotatable bonds is 7. The molecule has 0 bridgehead atoms. The number of carbonyl (C=O) groups excluding carboxylic acids is 1. The molecule has 30 heavy (non-hydrogen) atoms. The van der Waals surface area contributed by atoms with Crippen molar-refractivity contribution in [1.29, 1.82) is 0 Å². The van der Waals surface area contributed by atoms with Gasteiger partial charge in [0.1, 0.15) is 0 Å². The van der Waals surface area contributed by atoms with Crippen LogP contribution in [0.15, 0.2) is 77.7 Å². The Labute approximate surface area is 177 Å². The molecule has 0 saturated heterocycles. The summed E-state index contributed by atoms with van der Waals surface area (Å²) < 4.78 is 26.6. The van der Waals surface area contributed by atoms with Crippen LogP contribution in [-0.2, 0) is 14.8 Å². The summed E-state index contributed by atoms with van der Waals surface area (Å²) in [5.74, 6) is -0.239. The topological polar surface area (TPSA) is 78.5 Å². The van der Waals surface area contributed by atoms with Gasteiger partial charge in [0, 0.05) is 24.0 Å². The second-order valence-corrected chi connectivity index (χ2v) is 8.83. The number of hydrogen-bond donors (Lipinski definition) is 2. The molecule has 0 aliphatic carbocycles. The van der Waals surface area contributed by atoms with E-state index in [9.17, 15) is 13.2 Å². The SMILES string of the molecule is CNS(=O)(=O)c1cc(NC(=O)CN(C)c2ccccc2-c2ccccc2)ccc1C. The first-order chi connectivity index (χ1) is 14.3. The molecular weight excluding hydrogens is 398 g/mol. The van der Waals surface area contributed by atoms with Crippen LogP contribution in [0.4, 0.5) is 11.4 Å². The van der Waals surface area contributed by atoms with Gasteiger partial charge in [-0.1, -0.05) is 54.6 Å². The van der Waals surface area contributed by atoms with Crippen LogP contribution < -0.4 is 14.9 Å². The lowest BCUT2D eigenvalue weighted by molar-refractivity contribution is -0.114. The summed E-state index contributed by atoms with van der Waals surface area (Å²) in [6.45, 7) is 1.83. The minimum Gasteiger partial charge on any atom is -0.365 e. The molecule has 0 spiro atoms. The average Bonchev–Trinajstić information content (AvgIpc) is 2.75. The smallest absolute Gasteiger partial charge is 0.243 e. The van der Waals surface area contributed by atoms with E-state index in [0.717, 1.165) is 16.8 Å². The van der Waals surface area contributed by atoms with Crippen LogP contribution in [0.3, 0.4) is 0 Å². The van der Waals surface area contributed by atoms with Crippen LogP contribution in [0.25, 0.3) is 11.1 Å². The Morgan fingerprint density at radius 3 is 2.33 bits per heavy atom. The Kier molecular flexibility index (Phi) is 6.54. The van der Waals surface area contributed by atoms with Crippen molar-refractivity contribution in [2.75, 3.05) is 30.9 Å². The molecule has 0 heterocycles. The fourth-order valence-electron chi connectivity index (χ4n) is 3.25. The molecule has 0 unspecified atom stereocenters. The summed E-state index contributed by atoms with van der Waals surface area (Å²) in [5.41, 5.74) is 4.08. The van der Waals surface area contributed by atoms with E-state index in [2.05, 4.69) is 10.0 Å². The number of para-hydroxylation sites is 1. The highest BCUT2D eigenvalue weighted by atomic mass is 32.2. The van der Waals surface area contributed by atoms with Gasteiger partial charge >= 0.3 is 0 Å². The number of benzene rings is 3. The Balaban J connectivity index is 1.78. The Morgan fingerprint density at radius 2 is 1.63 bits per heavy atom. The number of aryl methyl sites for hydroxylation is 1. The van der Waals surface area contributed by atoms with Crippen molar-refractivity contribution >= 4 is 27.3 Å². The van der Waals surface area contributed by atoms with E-state index >= 15 is 0 Å². The number of nitrogens with zero attached hydrogens (tertiary/aromatic N) is 1. The van der Waals surface area contributed by atoms with Gasteiger partial charge in [-0.25, -0.2) is 13.1 Å². The molecule has 0 radical (unpaired) electrons. The Bertz CT molecular complexity index is 1150. The molecular formula is C23H25N3O3S. The van der Waals surface area contributed by atoms with Crippen LogP contribution >= 0.6 is 0 Å². The van der Waals surface area contributed by atoms with Crippen LogP contribution in [0.1, 0.15) is 5.56 Å². The largest absolute Gasteiger partial charge is 0.365 e. The number of nitrogens with one attached hydrogen (secondary N) is 2. The minimum atomic E-state index is -3.60. The predicted octanol–water partition coefficient (Wildman–Crippen LogP) is 3.65. The first kappa shape index (κ1) is 21.5. The summed E-state index contributed by atoms with van der Waals surface area (Å²) in [7, 11) is -0.386. The summed E-state index contributed by atoms with van der Waals surface area (Å²) in [6.07, 6.45) is 0. The average molecular weight is 424 g/mol. The van der Waals surface area contributed by atoms with E-state index in [4.69, 9.17) is 0 Å². The Hall–Kier alpha value is -3.16. The second-order valence-electron chi connectivity index (χ2n) is 6.98. The third-order valence-corrected chi connectivity index (χ3v) is 6.37. The van der Waals surface area contributed by atoms with Crippen molar-refractivity contribution in [2.45, 2.75) is 11.8 Å². The van der Waals surface area contributed by atoms with Crippen molar-refractivity contribution in [3.8, 4) is 11.1 Å². The molecule has 0 fully saturated rings.